The lowest BCUT2D eigenvalue weighted by molar-refractivity contribution is -0.137. The molecular weight excluding hydrogens is 242 g/mol. The van der Waals surface area contributed by atoms with Crippen LogP contribution < -0.4 is 5.32 Å². The van der Waals surface area contributed by atoms with Crippen LogP contribution in [0.5, 0.6) is 0 Å². The Morgan fingerprint density at radius 3 is 3.05 bits per heavy atom. The number of aryl methyl sites for hydroxylation is 1. The van der Waals surface area contributed by atoms with Gasteiger partial charge in [-0.25, -0.2) is 4.98 Å². The highest BCUT2D eigenvalue weighted by molar-refractivity contribution is 5.79. The molecule has 106 valence electrons. The zero-order valence-corrected chi connectivity index (χ0v) is 11.9. The van der Waals surface area contributed by atoms with Crippen LogP contribution in [0.1, 0.15) is 38.1 Å². The number of ether oxygens (including phenoxy) is 1. The standard InChI is InChI=1S/C14H23N3O2/c1-9(2)13-11(5-4-6-19-13)14(18)15-7-12-10(3)16-8-17-12/h8-9,11,13H,4-7H2,1-3H3,(H,15,18)(H,16,17)/t11-,13-/m0/s1. The molecule has 2 atom stereocenters. The zero-order valence-electron chi connectivity index (χ0n) is 11.9. The molecule has 1 aromatic rings. The van der Waals surface area contributed by atoms with E-state index >= 15 is 0 Å². The van der Waals surface area contributed by atoms with Gasteiger partial charge in [-0.05, 0) is 25.7 Å². The number of rotatable bonds is 4. The van der Waals surface area contributed by atoms with Crippen molar-refractivity contribution in [2.24, 2.45) is 11.8 Å². The van der Waals surface area contributed by atoms with Crippen LogP contribution in [0.15, 0.2) is 6.33 Å². The van der Waals surface area contributed by atoms with Crippen molar-refractivity contribution in [1.82, 2.24) is 15.3 Å². The lowest BCUT2D eigenvalue weighted by atomic mass is 9.87. The third kappa shape index (κ3) is 3.35. The first kappa shape index (κ1) is 14.1. The maximum Gasteiger partial charge on any atom is 0.226 e. The Hall–Kier alpha value is -1.36. The van der Waals surface area contributed by atoms with Gasteiger partial charge in [0, 0.05) is 12.3 Å². The van der Waals surface area contributed by atoms with E-state index in [1.165, 1.54) is 0 Å². The Bertz CT molecular complexity index is 428. The molecule has 0 bridgehead atoms. The predicted molar refractivity (Wildman–Crippen MR) is 72.5 cm³/mol. The highest BCUT2D eigenvalue weighted by Crippen LogP contribution is 2.26. The molecule has 0 saturated carbocycles. The van der Waals surface area contributed by atoms with Crippen molar-refractivity contribution < 1.29 is 9.53 Å². The van der Waals surface area contributed by atoms with E-state index in [1.54, 1.807) is 6.33 Å². The largest absolute Gasteiger partial charge is 0.377 e. The number of carbonyl (C=O) groups is 1. The van der Waals surface area contributed by atoms with E-state index in [9.17, 15) is 4.79 Å². The molecule has 1 amide bonds. The SMILES string of the molecule is Cc1[nH]cnc1CNC(=O)[C@H]1CCCO[C@H]1C(C)C. The first-order valence-electron chi connectivity index (χ1n) is 6.97. The minimum absolute atomic E-state index is 0.0343. The predicted octanol–water partition coefficient (Wildman–Crippen LogP) is 1.79. The van der Waals surface area contributed by atoms with Gasteiger partial charge in [0.25, 0.3) is 0 Å². The number of amides is 1. The van der Waals surface area contributed by atoms with E-state index in [0.717, 1.165) is 30.8 Å². The number of carbonyl (C=O) groups excluding carboxylic acids is 1. The van der Waals surface area contributed by atoms with Gasteiger partial charge in [0.15, 0.2) is 0 Å². The summed E-state index contributed by atoms with van der Waals surface area (Å²) in [5, 5.41) is 2.98. The molecule has 2 heterocycles. The number of aromatic amines is 1. The quantitative estimate of drug-likeness (QED) is 0.872. The minimum Gasteiger partial charge on any atom is -0.377 e. The first-order chi connectivity index (χ1) is 9.09. The number of nitrogens with zero attached hydrogens (tertiary/aromatic N) is 1. The maximum atomic E-state index is 12.3. The van der Waals surface area contributed by atoms with E-state index in [1.807, 2.05) is 6.92 Å². The van der Waals surface area contributed by atoms with Crippen molar-refractivity contribution in [3.05, 3.63) is 17.7 Å². The molecule has 5 nitrogen and oxygen atoms in total. The summed E-state index contributed by atoms with van der Waals surface area (Å²) in [6.45, 7) is 7.41. The fraction of sp³-hybridized carbons (Fsp3) is 0.714. The van der Waals surface area contributed by atoms with E-state index in [-0.39, 0.29) is 17.9 Å². The maximum absolute atomic E-state index is 12.3. The van der Waals surface area contributed by atoms with Gasteiger partial charge in [-0.3, -0.25) is 4.79 Å². The van der Waals surface area contributed by atoms with E-state index in [0.29, 0.717) is 12.5 Å². The number of hydrogen-bond acceptors (Lipinski definition) is 3. The highest BCUT2D eigenvalue weighted by atomic mass is 16.5. The van der Waals surface area contributed by atoms with Crippen molar-refractivity contribution >= 4 is 5.91 Å². The first-order valence-corrected chi connectivity index (χ1v) is 6.97. The van der Waals surface area contributed by atoms with Crippen LogP contribution in [0.4, 0.5) is 0 Å². The van der Waals surface area contributed by atoms with Gasteiger partial charge in [-0.15, -0.1) is 0 Å². The smallest absolute Gasteiger partial charge is 0.226 e. The topological polar surface area (TPSA) is 67.0 Å². The van der Waals surface area contributed by atoms with Gasteiger partial charge in [0.2, 0.25) is 5.91 Å². The summed E-state index contributed by atoms with van der Waals surface area (Å²) in [5.41, 5.74) is 1.90. The minimum atomic E-state index is -0.0343. The molecule has 1 saturated heterocycles. The van der Waals surface area contributed by atoms with Crippen molar-refractivity contribution in [1.29, 1.82) is 0 Å². The molecule has 1 aliphatic heterocycles. The normalized spacial score (nSPS) is 23.6. The van der Waals surface area contributed by atoms with E-state index in [2.05, 4.69) is 29.1 Å². The van der Waals surface area contributed by atoms with Crippen LogP contribution >= 0.6 is 0 Å². The summed E-state index contributed by atoms with van der Waals surface area (Å²) in [6, 6.07) is 0. The molecule has 0 aliphatic carbocycles. The summed E-state index contributed by atoms with van der Waals surface area (Å²) >= 11 is 0. The fourth-order valence-corrected chi connectivity index (χ4v) is 2.61. The molecule has 0 spiro atoms. The van der Waals surface area contributed by atoms with Gasteiger partial charge in [0.1, 0.15) is 0 Å². The Labute approximate surface area is 114 Å². The number of aromatic nitrogens is 2. The molecule has 1 aromatic heterocycles. The third-order valence-corrected chi connectivity index (χ3v) is 3.72. The summed E-state index contributed by atoms with van der Waals surface area (Å²) in [7, 11) is 0. The fourth-order valence-electron chi connectivity index (χ4n) is 2.61. The summed E-state index contributed by atoms with van der Waals surface area (Å²) in [5.74, 6) is 0.414. The van der Waals surface area contributed by atoms with Crippen LogP contribution in [0.3, 0.4) is 0 Å². The van der Waals surface area contributed by atoms with Gasteiger partial charge in [-0.1, -0.05) is 13.8 Å². The third-order valence-electron chi connectivity index (χ3n) is 3.72. The van der Waals surface area contributed by atoms with Gasteiger partial charge >= 0.3 is 0 Å². The second-order valence-electron chi connectivity index (χ2n) is 5.52. The molecule has 1 aliphatic rings. The second kappa shape index (κ2) is 6.19. The monoisotopic (exact) mass is 265 g/mol. The van der Waals surface area contributed by atoms with E-state index in [4.69, 9.17) is 4.74 Å². The molecule has 0 unspecified atom stereocenters. The average molecular weight is 265 g/mol. The molecule has 5 heteroatoms. The van der Waals surface area contributed by atoms with Crippen LogP contribution in [0, 0.1) is 18.8 Å². The van der Waals surface area contributed by atoms with Crippen molar-refractivity contribution in [3.8, 4) is 0 Å². The zero-order chi connectivity index (χ0) is 13.8. The van der Waals surface area contributed by atoms with Gasteiger partial charge < -0.3 is 15.0 Å². The lowest BCUT2D eigenvalue weighted by Crippen LogP contribution is -2.43. The van der Waals surface area contributed by atoms with Crippen LogP contribution in [0.2, 0.25) is 0 Å². The average Bonchev–Trinajstić information content (AvgIpc) is 2.81. The number of H-pyrrole nitrogens is 1. The van der Waals surface area contributed by atoms with Crippen molar-refractivity contribution in [3.63, 3.8) is 0 Å². The molecule has 0 radical (unpaired) electrons. The summed E-state index contributed by atoms with van der Waals surface area (Å²) < 4.78 is 5.75. The highest BCUT2D eigenvalue weighted by Gasteiger charge is 2.33. The molecule has 0 aromatic carbocycles. The number of nitrogens with one attached hydrogen (secondary N) is 2. The van der Waals surface area contributed by atoms with Crippen molar-refractivity contribution in [2.75, 3.05) is 6.61 Å². The van der Waals surface area contributed by atoms with Crippen LogP contribution in [-0.4, -0.2) is 28.6 Å². The number of imidazole rings is 1. The van der Waals surface area contributed by atoms with Gasteiger partial charge in [-0.2, -0.15) is 0 Å². The van der Waals surface area contributed by atoms with Crippen LogP contribution in [-0.2, 0) is 16.1 Å². The number of hydrogen-bond donors (Lipinski definition) is 2. The second-order valence-corrected chi connectivity index (χ2v) is 5.52. The Morgan fingerprint density at radius 1 is 1.63 bits per heavy atom. The molecule has 19 heavy (non-hydrogen) atoms. The van der Waals surface area contributed by atoms with E-state index < -0.39 is 0 Å². The van der Waals surface area contributed by atoms with Gasteiger partial charge in [0.05, 0.1) is 30.6 Å². The molecular formula is C14H23N3O2. The Kier molecular flexibility index (Phi) is 4.58. The summed E-state index contributed by atoms with van der Waals surface area (Å²) in [6.07, 6.45) is 3.56. The molecule has 1 fully saturated rings. The lowest BCUT2D eigenvalue weighted by Gasteiger charge is -2.33. The van der Waals surface area contributed by atoms with Crippen molar-refractivity contribution in [2.45, 2.75) is 46.3 Å². The molecule has 2 rings (SSSR count). The Morgan fingerprint density at radius 2 is 2.42 bits per heavy atom. The summed E-state index contributed by atoms with van der Waals surface area (Å²) in [4.78, 5) is 19.5. The van der Waals surface area contributed by atoms with Crippen LogP contribution in [0.25, 0.3) is 0 Å². The molecule has 2 N–H and O–H groups in total. The Balaban J connectivity index is 1.92.